The molecule has 0 bridgehead atoms. The van der Waals surface area contributed by atoms with Gasteiger partial charge in [0.25, 0.3) is 0 Å². The molecule has 1 saturated heterocycles. The fraction of sp³-hybridized carbons (Fsp3) is 1.00. The molecule has 156 valence electrons. The van der Waals surface area contributed by atoms with Gasteiger partial charge in [0.1, 0.15) is 24.4 Å². The van der Waals surface area contributed by atoms with Gasteiger partial charge in [0.05, 0.1) is 6.61 Å². The van der Waals surface area contributed by atoms with E-state index in [-0.39, 0.29) is 24.4 Å². The Kier molecular flexibility index (Phi) is 8.72. The Morgan fingerprint density at radius 2 is 1.12 bits per heavy atom. The number of hydrogen-bond donors (Lipinski definition) is 0. The van der Waals surface area contributed by atoms with Gasteiger partial charge < -0.3 is 27.5 Å². The second kappa shape index (κ2) is 9.27. The van der Waals surface area contributed by atoms with Crippen LogP contribution in [0, 0.1) is 0 Å². The third kappa shape index (κ3) is 8.19. The van der Waals surface area contributed by atoms with Gasteiger partial charge in [0.2, 0.25) is 0 Å². The summed E-state index contributed by atoms with van der Waals surface area (Å²) in [5.74, 6) is 0. The van der Waals surface area contributed by atoms with Gasteiger partial charge in [-0.05, 0) is 58.9 Å². The lowest BCUT2D eigenvalue weighted by molar-refractivity contribution is -0.278. The average molecular weight is 425 g/mol. The first-order chi connectivity index (χ1) is 11.7. The fourth-order valence-corrected chi connectivity index (χ4v) is 6.02. The lowest BCUT2D eigenvalue weighted by Crippen LogP contribution is -2.65. The Labute approximate surface area is 163 Å². The van der Waals surface area contributed by atoms with E-state index in [0.29, 0.717) is 6.61 Å². The predicted molar refractivity (Wildman–Crippen MR) is 112 cm³/mol. The summed E-state index contributed by atoms with van der Waals surface area (Å²) in [5.41, 5.74) is 0. The second-order valence-electron chi connectivity index (χ2n) is 9.82. The Bertz CT molecular complexity index is 430. The van der Waals surface area contributed by atoms with Crippen LogP contribution in [-0.2, 0) is 27.5 Å². The summed E-state index contributed by atoms with van der Waals surface area (Å²) in [7, 11) is -2.12. The molecule has 26 heavy (non-hydrogen) atoms. The fourth-order valence-electron chi connectivity index (χ4n) is 2.97. The smallest absolute Gasteiger partial charge is 0.187 e. The molecule has 0 amide bonds. The maximum Gasteiger partial charge on any atom is 0.187 e. The molecule has 1 fully saturated rings. The van der Waals surface area contributed by atoms with Gasteiger partial charge in [-0.3, -0.25) is 0 Å². The summed E-state index contributed by atoms with van der Waals surface area (Å²) in [5, 5.41) is 0. The molecule has 0 spiro atoms. The Morgan fingerprint density at radius 1 is 0.654 bits per heavy atom. The molecular weight excluding hydrogens is 384 g/mol. The van der Waals surface area contributed by atoms with Crippen LogP contribution in [0.2, 0.25) is 58.9 Å². The van der Waals surface area contributed by atoms with Gasteiger partial charge in [0, 0.05) is 14.2 Å². The van der Waals surface area contributed by atoms with E-state index in [2.05, 4.69) is 58.9 Å². The van der Waals surface area contributed by atoms with Crippen molar-refractivity contribution in [2.45, 2.75) is 89.6 Å². The van der Waals surface area contributed by atoms with Gasteiger partial charge in [-0.1, -0.05) is 0 Å². The largest absolute Gasteiger partial charge is 0.409 e. The Balaban J connectivity index is 3.23. The standard InChI is InChI=1S/C17H40O6Si3/c1-18-12-13-14(21-24(3,4)5)15(19-2)16(22-25(6,7)8)17(20-13)23-26(9,10)11/h13-17H,12H2,1-11H3/t13-,14-,15+,16-,17?/m0/s1. The zero-order valence-electron chi connectivity index (χ0n) is 18.5. The van der Waals surface area contributed by atoms with Crippen molar-refractivity contribution in [1.29, 1.82) is 0 Å². The van der Waals surface area contributed by atoms with Crippen LogP contribution in [0.15, 0.2) is 0 Å². The minimum absolute atomic E-state index is 0.241. The molecule has 0 aliphatic carbocycles. The van der Waals surface area contributed by atoms with E-state index in [1.807, 2.05) is 0 Å². The van der Waals surface area contributed by atoms with Gasteiger partial charge in [-0.2, -0.15) is 0 Å². The number of rotatable bonds is 9. The first kappa shape index (κ1) is 24.4. The SMILES string of the molecule is COC[C@@H]1OC(O[Si](C)(C)C)[C@@H](O[Si](C)(C)C)[C@H](OC)[C@H]1O[Si](C)(C)C. The van der Waals surface area contributed by atoms with Crippen LogP contribution in [-0.4, -0.2) is 76.5 Å². The lowest BCUT2D eigenvalue weighted by atomic mass is 9.99. The minimum atomic E-state index is -1.85. The molecule has 1 unspecified atom stereocenters. The molecule has 1 aliphatic rings. The van der Waals surface area contributed by atoms with Crippen LogP contribution in [0.5, 0.6) is 0 Å². The summed E-state index contributed by atoms with van der Waals surface area (Å²) >= 11 is 0. The minimum Gasteiger partial charge on any atom is -0.409 e. The molecule has 0 aromatic heterocycles. The normalized spacial score (nSPS) is 31.3. The number of methoxy groups -OCH3 is 2. The van der Waals surface area contributed by atoms with Crippen molar-refractivity contribution < 1.29 is 27.5 Å². The van der Waals surface area contributed by atoms with E-state index >= 15 is 0 Å². The lowest BCUT2D eigenvalue weighted by Gasteiger charge is -2.49. The van der Waals surface area contributed by atoms with Crippen LogP contribution in [0.4, 0.5) is 0 Å². The van der Waals surface area contributed by atoms with Crippen molar-refractivity contribution in [1.82, 2.24) is 0 Å². The summed E-state index contributed by atoms with van der Waals surface area (Å²) in [4.78, 5) is 0. The van der Waals surface area contributed by atoms with Crippen molar-refractivity contribution in [3.8, 4) is 0 Å². The summed E-state index contributed by atoms with van der Waals surface area (Å²) < 4.78 is 37.0. The highest BCUT2D eigenvalue weighted by Crippen LogP contribution is 2.33. The third-order valence-electron chi connectivity index (χ3n) is 3.64. The highest BCUT2D eigenvalue weighted by atomic mass is 28.4. The molecule has 6 nitrogen and oxygen atoms in total. The van der Waals surface area contributed by atoms with Gasteiger partial charge in [-0.15, -0.1) is 0 Å². The monoisotopic (exact) mass is 424 g/mol. The maximum atomic E-state index is 6.49. The summed E-state index contributed by atoms with van der Waals surface area (Å²) in [6, 6.07) is 0. The molecule has 1 heterocycles. The number of ether oxygens (including phenoxy) is 3. The van der Waals surface area contributed by atoms with E-state index in [1.165, 1.54) is 0 Å². The van der Waals surface area contributed by atoms with Gasteiger partial charge in [-0.25, -0.2) is 0 Å². The van der Waals surface area contributed by atoms with Crippen LogP contribution in [0.25, 0.3) is 0 Å². The molecule has 1 aliphatic heterocycles. The van der Waals surface area contributed by atoms with Crippen LogP contribution in [0.1, 0.15) is 0 Å². The van der Waals surface area contributed by atoms with Crippen LogP contribution < -0.4 is 0 Å². The van der Waals surface area contributed by atoms with Crippen molar-refractivity contribution in [2.24, 2.45) is 0 Å². The summed E-state index contributed by atoms with van der Waals surface area (Å²) in [6.45, 7) is 19.9. The van der Waals surface area contributed by atoms with Gasteiger partial charge in [0.15, 0.2) is 31.2 Å². The predicted octanol–water partition coefficient (Wildman–Crippen LogP) is 3.66. The molecule has 0 saturated carbocycles. The van der Waals surface area contributed by atoms with Gasteiger partial charge >= 0.3 is 0 Å². The van der Waals surface area contributed by atoms with E-state index in [1.54, 1.807) is 14.2 Å². The first-order valence-corrected chi connectivity index (χ1v) is 19.6. The molecule has 0 aromatic rings. The number of hydrogen-bond acceptors (Lipinski definition) is 6. The van der Waals surface area contributed by atoms with Crippen molar-refractivity contribution in [3.63, 3.8) is 0 Å². The van der Waals surface area contributed by atoms with Crippen LogP contribution in [0.3, 0.4) is 0 Å². The first-order valence-electron chi connectivity index (χ1n) is 9.37. The molecule has 0 N–H and O–H groups in total. The zero-order valence-corrected chi connectivity index (χ0v) is 21.5. The topological polar surface area (TPSA) is 55.4 Å². The van der Waals surface area contributed by atoms with E-state index < -0.39 is 31.2 Å². The molecule has 1 rings (SSSR count). The Hall–Kier alpha value is 0.411. The van der Waals surface area contributed by atoms with E-state index in [0.717, 1.165) is 0 Å². The van der Waals surface area contributed by atoms with E-state index in [4.69, 9.17) is 27.5 Å². The zero-order chi connectivity index (χ0) is 20.3. The van der Waals surface area contributed by atoms with Crippen LogP contribution >= 0.6 is 0 Å². The molecule has 0 aromatic carbocycles. The Morgan fingerprint density at radius 3 is 1.50 bits per heavy atom. The third-order valence-corrected chi connectivity index (χ3v) is 6.54. The highest BCUT2D eigenvalue weighted by molar-refractivity contribution is 6.70. The average Bonchev–Trinajstić information content (AvgIpc) is 2.39. The quantitative estimate of drug-likeness (QED) is 0.526. The maximum absolute atomic E-state index is 6.49. The highest BCUT2D eigenvalue weighted by Gasteiger charge is 2.51. The summed E-state index contributed by atoms with van der Waals surface area (Å²) in [6.07, 6.45) is -1.54. The van der Waals surface area contributed by atoms with Crippen molar-refractivity contribution >= 4 is 25.0 Å². The van der Waals surface area contributed by atoms with Crippen molar-refractivity contribution in [2.75, 3.05) is 20.8 Å². The van der Waals surface area contributed by atoms with Crippen molar-refractivity contribution in [3.05, 3.63) is 0 Å². The van der Waals surface area contributed by atoms with E-state index in [9.17, 15) is 0 Å². The molecule has 5 atom stereocenters. The second-order valence-corrected chi connectivity index (χ2v) is 23.2. The molecule has 0 radical (unpaired) electrons. The molecule has 9 heteroatoms. The molecular formula is C17H40O6Si3.